The highest BCUT2D eigenvalue weighted by Crippen LogP contribution is 2.40. The standard InChI is InChI=1S/C22H23ClN2O4S/c1-4-28-17-11-15(19-18(21(26)27-3)13(2)24-22(30)25-19)10-16(23)20(17)29-12-14-8-6-5-7-9-14/h5-11,19H,4,12H2,1-3H3,(H2,24,25,30)/t19-/m1/s1. The summed E-state index contributed by atoms with van der Waals surface area (Å²) < 4.78 is 16.7. The van der Waals surface area contributed by atoms with Crippen molar-refractivity contribution in [2.75, 3.05) is 13.7 Å². The molecule has 1 aliphatic heterocycles. The quantitative estimate of drug-likeness (QED) is 0.485. The lowest BCUT2D eigenvalue weighted by atomic mass is 9.95. The van der Waals surface area contributed by atoms with E-state index in [2.05, 4.69) is 10.6 Å². The molecule has 158 valence electrons. The Hall–Kier alpha value is -2.77. The summed E-state index contributed by atoms with van der Waals surface area (Å²) in [5.41, 5.74) is 2.76. The van der Waals surface area contributed by atoms with Crippen molar-refractivity contribution in [3.8, 4) is 11.5 Å². The number of carbonyl (C=O) groups is 1. The number of hydrogen-bond acceptors (Lipinski definition) is 5. The Morgan fingerprint density at radius 2 is 1.93 bits per heavy atom. The van der Waals surface area contributed by atoms with E-state index >= 15 is 0 Å². The summed E-state index contributed by atoms with van der Waals surface area (Å²) in [6, 6.07) is 12.8. The second kappa shape index (κ2) is 9.82. The van der Waals surface area contributed by atoms with E-state index in [1.165, 1.54) is 7.11 Å². The molecule has 8 heteroatoms. The highest BCUT2D eigenvalue weighted by Gasteiger charge is 2.31. The molecule has 0 bridgehead atoms. The van der Waals surface area contributed by atoms with E-state index in [1.54, 1.807) is 19.1 Å². The van der Waals surface area contributed by atoms with Crippen LogP contribution in [0.1, 0.15) is 31.0 Å². The minimum atomic E-state index is -0.536. The van der Waals surface area contributed by atoms with Gasteiger partial charge in [-0.2, -0.15) is 0 Å². The van der Waals surface area contributed by atoms with Gasteiger partial charge in [0, 0.05) is 5.70 Å². The minimum Gasteiger partial charge on any atom is -0.490 e. The van der Waals surface area contributed by atoms with Gasteiger partial charge >= 0.3 is 5.97 Å². The van der Waals surface area contributed by atoms with Crippen LogP contribution < -0.4 is 20.1 Å². The predicted molar refractivity (Wildman–Crippen MR) is 120 cm³/mol. The molecule has 1 heterocycles. The molecular formula is C22H23ClN2O4S. The first-order valence-electron chi connectivity index (χ1n) is 9.44. The third kappa shape index (κ3) is 4.86. The van der Waals surface area contributed by atoms with Crippen LogP contribution in [0.2, 0.25) is 5.02 Å². The average Bonchev–Trinajstić information content (AvgIpc) is 2.73. The number of nitrogens with one attached hydrogen (secondary N) is 2. The molecule has 1 atom stereocenters. The van der Waals surface area contributed by atoms with Crippen LogP contribution in [0.25, 0.3) is 0 Å². The number of carbonyl (C=O) groups excluding carboxylic acids is 1. The second-order valence-corrected chi connectivity index (χ2v) is 7.41. The predicted octanol–water partition coefficient (Wildman–Crippen LogP) is 4.28. The number of halogens is 1. The Bertz CT molecular complexity index is 979. The lowest BCUT2D eigenvalue weighted by molar-refractivity contribution is -0.136. The maximum Gasteiger partial charge on any atom is 0.337 e. The molecule has 0 aliphatic carbocycles. The van der Waals surface area contributed by atoms with Crippen LogP contribution in [0.5, 0.6) is 11.5 Å². The highest BCUT2D eigenvalue weighted by molar-refractivity contribution is 7.80. The molecule has 2 N–H and O–H groups in total. The lowest BCUT2D eigenvalue weighted by Crippen LogP contribution is -2.45. The highest BCUT2D eigenvalue weighted by atomic mass is 35.5. The number of benzene rings is 2. The molecule has 2 aromatic carbocycles. The van der Waals surface area contributed by atoms with Crippen molar-refractivity contribution in [1.29, 1.82) is 0 Å². The largest absolute Gasteiger partial charge is 0.490 e. The van der Waals surface area contributed by atoms with Crippen LogP contribution in [-0.4, -0.2) is 24.8 Å². The van der Waals surface area contributed by atoms with Crippen LogP contribution in [0, 0.1) is 0 Å². The van der Waals surface area contributed by atoms with E-state index in [-0.39, 0.29) is 0 Å². The van der Waals surface area contributed by atoms with E-state index in [0.717, 1.165) is 5.56 Å². The van der Waals surface area contributed by atoms with Crippen molar-refractivity contribution in [3.63, 3.8) is 0 Å². The Labute approximate surface area is 186 Å². The maximum absolute atomic E-state index is 12.4. The number of allylic oxidation sites excluding steroid dienone is 1. The van der Waals surface area contributed by atoms with E-state index < -0.39 is 12.0 Å². The summed E-state index contributed by atoms with van der Waals surface area (Å²) in [6.07, 6.45) is 0. The molecule has 0 saturated heterocycles. The van der Waals surface area contributed by atoms with Gasteiger partial charge in [-0.25, -0.2) is 4.79 Å². The topological polar surface area (TPSA) is 68.8 Å². The fourth-order valence-corrected chi connectivity index (χ4v) is 3.76. The molecule has 0 radical (unpaired) electrons. The summed E-state index contributed by atoms with van der Waals surface area (Å²) >= 11 is 11.9. The molecule has 0 amide bonds. The number of thiocarbonyl (C=S) groups is 1. The van der Waals surface area contributed by atoms with Gasteiger partial charge in [-0.05, 0) is 49.3 Å². The fourth-order valence-electron chi connectivity index (χ4n) is 3.21. The summed E-state index contributed by atoms with van der Waals surface area (Å²) in [4.78, 5) is 12.4. The number of hydrogen-bond donors (Lipinski definition) is 2. The van der Waals surface area contributed by atoms with E-state index in [1.807, 2.05) is 37.3 Å². The molecule has 2 aromatic rings. The van der Waals surface area contributed by atoms with Crippen molar-refractivity contribution >= 4 is 34.9 Å². The number of methoxy groups -OCH3 is 1. The third-order valence-corrected chi connectivity index (χ3v) is 5.07. The van der Waals surface area contributed by atoms with Crippen LogP contribution >= 0.6 is 23.8 Å². The van der Waals surface area contributed by atoms with Crippen LogP contribution in [-0.2, 0) is 16.1 Å². The molecule has 0 spiro atoms. The summed E-state index contributed by atoms with van der Waals surface area (Å²) in [6.45, 7) is 4.43. The van der Waals surface area contributed by atoms with E-state index in [0.29, 0.717) is 51.7 Å². The number of esters is 1. The van der Waals surface area contributed by atoms with Gasteiger partial charge in [-0.3, -0.25) is 0 Å². The molecule has 0 unspecified atom stereocenters. The number of rotatable bonds is 7. The Morgan fingerprint density at radius 1 is 1.20 bits per heavy atom. The third-order valence-electron chi connectivity index (χ3n) is 4.57. The molecular weight excluding hydrogens is 424 g/mol. The van der Waals surface area contributed by atoms with Gasteiger partial charge in [0.05, 0.1) is 30.4 Å². The van der Waals surface area contributed by atoms with E-state index in [4.69, 9.17) is 38.0 Å². The molecule has 30 heavy (non-hydrogen) atoms. The monoisotopic (exact) mass is 446 g/mol. The second-order valence-electron chi connectivity index (χ2n) is 6.60. The van der Waals surface area contributed by atoms with Crippen LogP contribution in [0.3, 0.4) is 0 Å². The maximum atomic E-state index is 12.4. The Morgan fingerprint density at radius 3 is 2.60 bits per heavy atom. The van der Waals surface area contributed by atoms with Gasteiger partial charge in [0.1, 0.15) is 6.61 Å². The fraction of sp³-hybridized carbons (Fsp3) is 0.273. The summed E-state index contributed by atoms with van der Waals surface area (Å²) in [5.74, 6) is 0.477. The van der Waals surface area contributed by atoms with E-state index in [9.17, 15) is 4.79 Å². The first-order valence-corrected chi connectivity index (χ1v) is 10.2. The average molecular weight is 447 g/mol. The normalized spacial score (nSPS) is 15.9. The van der Waals surface area contributed by atoms with Gasteiger partial charge in [0.2, 0.25) is 0 Å². The molecule has 0 fully saturated rings. The zero-order chi connectivity index (χ0) is 21.7. The zero-order valence-electron chi connectivity index (χ0n) is 17.0. The van der Waals surface area contributed by atoms with Crippen LogP contribution in [0.4, 0.5) is 0 Å². The Kier molecular flexibility index (Phi) is 7.18. The smallest absolute Gasteiger partial charge is 0.337 e. The lowest BCUT2D eigenvalue weighted by Gasteiger charge is -2.30. The van der Waals surface area contributed by atoms with Crippen molar-refractivity contribution in [3.05, 3.63) is 69.9 Å². The molecule has 0 saturated carbocycles. The first kappa shape index (κ1) is 21.9. The Balaban J connectivity index is 1.98. The summed E-state index contributed by atoms with van der Waals surface area (Å²) in [5, 5.41) is 6.85. The van der Waals surface area contributed by atoms with Gasteiger partial charge in [0.25, 0.3) is 0 Å². The van der Waals surface area contributed by atoms with Gasteiger partial charge in [-0.1, -0.05) is 41.9 Å². The molecule has 0 aromatic heterocycles. The first-order chi connectivity index (χ1) is 14.4. The SMILES string of the molecule is CCOc1cc([C@H]2NC(=S)NC(C)=C2C(=O)OC)cc(Cl)c1OCc1ccccc1. The van der Waals surface area contributed by atoms with Gasteiger partial charge in [-0.15, -0.1) is 0 Å². The van der Waals surface area contributed by atoms with Gasteiger partial charge < -0.3 is 24.8 Å². The van der Waals surface area contributed by atoms with Crippen molar-refractivity contribution in [1.82, 2.24) is 10.6 Å². The summed E-state index contributed by atoms with van der Waals surface area (Å²) in [7, 11) is 1.34. The van der Waals surface area contributed by atoms with Crippen molar-refractivity contribution in [2.24, 2.45) is 0 Å². The zero-order valence-corrected chi connectivity index (χ0v) is 18.5. The number of ether oxygens (including phenoxy) is 3. The molecule has 3 rings (SSSR count). The molecule has 1 aliphatic rings. The van der Waals surface area contributed by atoms with Crippen molar-refractivity contribution in [2.45, 2.75) is 26.5 Å². The van der Waals surface area contributed by atoms with Gasteiger partial charge in [0.15, 0.2) is 16.6 Å². The van der Waals surface area contributed by atoms with Crippen LogP contribution in [0.15, 0.2) is 53.7 Å². The van der Waals surface area contributed by atoms with Crippen molar-refractivity contribution < 1.29 is 19.0 Å². The molecule has 6 nitrogen and oxygen atoms in total. The minimum absolute atomic E-state index is 0.349.